The Morgan fingerprint density at radius 3 is 2.65 bits per heavy atom. The molecule has 2 aromatic rings. The molecular formula is C24H25NO3S3. The normalized spacial score (nSPS) is 14.9. The van der Waals surface area contributed by atoms with Crippen LogP contribution in [0, 0.1) is 0 Å². The van der Waals surface area contributed by atoms with Gasteiger partial charge in [-0.15, -0.1) is 18.3 Å². The van der Waals surface area contributed by atoms with E-state index >= 15 is 0 Å². The van der Waals surface area contributed by atoms with Gasteiger partial charge in [-0.1, -0.05) is 36.1 Å². The molecule has 0 unspecified atom stereocenters. The second-order valence-electron chi connectivity index (χ2n) is 6.58. The van der Waals surface area contributed by atoms with Crippen molar-refractivity contribution in [1.29, 1.82) is 0 Å². The second-order valence-corrected chi connectivity index (χ2v) is 9.14. The first-order valence-corrected chi connectivity index (χ1v) is 12.4. The van der Waals surface area contributed by atoms with E-state index in [0.717, 1.165) is 27.5 Å². The van der Waals surface area contributed by atoms with Crippen molar-refractivity contribution in [2.24, 2.45) is 0 Å². The van der Waals surface area contributed by atoms with E-state index in [4.69, 9.17) is 21.7 Å². The molecule has 7 heteroatoms. The lowest BCUT2D eigenvalue weighted by Crippen LogP contribution is -2.27. The number of hydrogen-bond donors (Lipinski definition) is 0. The molecule has 0 aromatic heterocycles. The third kappa shape index (κ3) is 5.34. The monoisotopic (exact) mass is 471 g/mol. The van der Waals surface area contributed by atoms with Crippen molar-refractivity contribution in [1.82, 2.24) is 0 Å². The molecule has 0 radical (unpaired) electrons. The van der Waals surface area contributed by atoms with Gasteiger partial charge in [-0.25, -0.2) is 0 Å². The number of benzene rings is 2. The fourth-order valence-corrected chi connectivity index (χ4v) is 4.99. The molecule has 1 amide bonds. The molecule has 4 nitrogen and oxygen atoms in total. The first kappa shape index (κ1) is 23.4. The standard InChI is InChI=1S/C24H25NO3S3/c1-5-9-17-12-16(13-20(27-6-2)22(17)28-7-3)14-21-23(26)25(24(29)31-21)18-10-8-11-19(15-18)30-4/h5,8,10-15H,1,6-7,9H2,2-4H3/b21-14+. The lowest BCUT2D eigenvalue weighted by molar-refractivity contribution is -0.113. The Hall–Kier alpha value is -2.22. The second kappa shape index (κ2) is 10.9. The average molecular weight is 472 g/mol. The average Bonchev–Trinajstić information content (AvgIpc) is 3.03. The number of hydrogen-bond acceptors (Lipinski definition) is 6. The quantitative estimate of drug-likeness (QED) is 0.184. The van der Waals surface area contributed by atoms with Crippen LogP contribution in [0.4, 0.5) is 5.69 Å². The van der Waals surface area contributed by atoms with Gasteiger partial charge in [-0.2, -0.15) is 0 Å². The SMILES string of the molecule is C=CCc1cc(/C=C2/SC(=S)N(c3cccc(SC)c3)C2=O)cc(OCC)c1OCC. The van der Waals surface area contributed by atoms with Crippen molar-refractivity contribution in [3.8, 4) is 11.5 Å². The van der Waals surface area contributed by atoms with Crippen LogP contribution in [-0.4, -0.2) is 29.7 Å². The van der Waals surface area contributed by atoms with Gasteiger partial charge in [0.25, 0.3) is 5.91 Å². The third-order valence-electron chi connectivity index (χ3n) is 4.51. The molecule has 0 spiro atoms. The lowest BCUT2D eigenvalue weighted by Gasteiger charge is -2.16. The van der Waals surface area contributed by atoms with E-state index in [1.54, 1.807) is 16.7 Å². The molecule has 1 heterocycles. The van der Waals surface area contributed by atoms with Gasteiger partial charge in [0.1, 0.15) is 0 Å². The number of rotatable bonds is 9. The molecule has 1 aliphatic heterocycles. The Morgan fingerprint density at radius 2 is 1.97 bits per heavy atom. The van der Waals surface area contributed by atoms with Crippen molar-refractivity contribution in [2.45, 2.75) is 25.2 Å². The van der Waals surface area contributed by atoms with Crippen LogP contribution in [0.3, 0.4) is 0 Å². The van der Waals surface area contributed by atoms with Crippen LogP contribution >= 0.6 is 35.7 Å². The Morgan fingerprint density at radius 1 is 1.19 bits per heavy atom. The van der Waals surface area contributed by atoms with Gasteiger partial charge in [0.2, 0.25) is 0 Å². The van der Waals surface area contributed by atoms with E-state index in [-0.39, 0.29) is 5.91 Å². The zero-order chi connectivity index (χ0) is 22.4. The minimum absolute atomic E-state index is 0.120. The van der Waals surface area contributed by atoms with Crippen LogP contribution in [0.2, 0.25) is 0 Å². The van der Waals surface area contributed by atoms with Crippen LogP contribution in [-0.2, 0) is 11.2 Å². The maximum Gasteiger partial charge on any atom is 0.270 e. The van der Waals surface area contributed by atoms with Crippen molar-refractivity contribution in [3.63, 3.8) is 0 Å². The van der Waals surface area contributed by atoms with Crippen molar-refractivity contribution in [2.75, 3.05) is 24.4 Å². The maximum atomic E-state index is 13.2. The number of anilines is 1. The summed E-state index contributed by atoms with van der Waals surface area (Å²) in [7, 11) is 0. The minimum Gasteiger partial charge on any atom is -0.490 e. The molecule has 0 saturated carbocycles. The van der Waals surface area contributed by atoms with Gasteiger partial charge in [0.05, 0.1) is 23.8 Å². The van der Waals surface area contributed by atoms with Gasteiger partial charge < -0.3 is 9.47 Å². The number of ether oxygens (including phenoxy) is 2. The number of thioether (sulfide) groups is 2. The minimum atomic E-state index is -0.120. The molecule has 1 aliphatic rings. The maximum absolute atomic E-state index is 13.2. The summed E-state index contributed by atoms with van der Waals surface area (Å²) in [5.74, 6) is 1.27. The fourth-order valence-electron chi connectivity index (χ4n) is 3.24. The molecule has 1 fully saturated rings. The number of thiocarbonyl (C=S) groups is 1. The highest BCUT2D eigenvalue weighted by molar-refractivity contribution is 8.27. The van der Waals surface area contributed by atoms with Crippen LogP contribution in [0.25, 0.3) is 6.08 Å². The molecule has 1 saturated heterocycles. The van der Waals surface area contributed by atoms with Crippen LogP contribution in [0.1, 0.15) is 25.0 Å². The van der Waals surface area contributed by atoms with E-state index in [0.29, 0.717) is 34.6 Å². The molecule has 3 rings (SSSR count). The van der Waals surface area contributed by atoms with Crippen molar-refractivity contribution < 1.29 is 14.3 Å². The Kier molecular flexibility index (Phi) is 8.23. The lowest BCUT2D eigenvalue weighted by atomic mass is 10.0. The van der Waals surface area contributed by atoms with Crippen LogP contribution in [0.5, 0.6) is 11.5 Å². The first-order valence-electron chi connectivity index (χ1n) is 9.97. The van der Waals surface area contributed by atoms with Gasteiger partial charge in [-0.05, 0) is 68.5 Å². The Labute approximate surface area is 197 Å². The van der Waals surface area contributed by atoms with Crippen molar-refractivity contribution in [3.05, 3.63) is 65.1 Å². The van der Waals surface area contributed by atoms with E-state index in [1.807, 2.05) is 68.7 Å². The van der Waals surface area contributed by atoms with Crippen molar-refractivity contribution >= 4 is 57.7 Å². The van der Waals surface area contributed by atoms with E-state index < -0.39 is 0 Å². The molecule has 2 aromatic carbocycles. The van der Waals surface area contributed by atoms with Gasteiger partial charge >= 0.3 is 0 Å². The summed E-state index contributed by atoms with van der Waals surface area (Å²) in [6.45, 7) is 8.78. The summed E-state index contributed by atoms with van der Waals surface area (Å²) >= 11 is 8.46. The third-order valence-corrected chi connectivity index (χ3v) is 6.54. The van der Waals surface area contributed by atoms with Crippen LogP contribution < -0.4 is 14.4 Å². The van der Waals surface area contributed by atoms with E-state index in [2.05, 4.69) is 6.58 Å². The molecule has 162 valence electrons. The number of amides is 1. The highest BCUT2D eigenvalue weighted by Crippen LogP contribution is 2.39. The number of carbonyl (C=O) groups is 1. The summed E-state index contributed by atoms with van der Waals surface area (Å²) in [5, 5.41) is 0. The molecule has 0 aliphatic carbocycles. The number of nitrogens with zero attached hydrogens (tertiary/aromatic N) is 1. The molecule has 0 atom stereocenters. The molecule has 0 bridgehead atoms. The molecule has 31 heavy (non-hydrogen) atoms. The van der Waals surface area contributed by atoms with E-state index in [9.17, 15) is 4.79 Å². The predicted molar refractivity (Wildman–Crippen MR) is 137 cm³/mol. The summed E-state index contributed by atoms with van der Waals surface area (Å²) < 4.78 is 12.2. The highest BCUT2D eigenvalue weighted by atomic mass is 32.2. The topological polar surface area (TPSA) is 38.8 Å². The fraction of sp³-hybridized carbons (Fsp3) is 0.250. The number of carbonyl (C=O) groups excluding carboxylic acids is 1. The first-order chi connectivity index (χ1) is 15.0. The summed E-state index contributed by atoms with van der Waals surface area (Å²) in [6.07, 6.45) is 6.34. The summed E-state index contributed by atoms with van der Waals surface area (Å²) in [5.41, 5.74) is 2.62. The largest absolute Gasteiger partial charge is 0.490 e. The summed E-state index contributed by atoms with van der Waals surface area (Å²) in [4.78, 5) is 16.4. The highest BCUT2D eigenvalue weighted by Gasteiger charge is 2.33. The molecular weight excluding hydrogens is 446 g/mol. The Bertz CT molecular complexity index is 1030. The zero-order valence-electron chi connectivity index (χ0n) is 17.8. The van der Waals surface area contributed by atoms with Gasteiger partial charge in [-0.3, -0.25) is 9.69 Å². The summed E-state index contributed by atoms with van der Waals surface area (Å²) in [6, 6.07) is 11.7. The van der Waals surface area contributed by atoms with Crippen LogP contribution in [0.15, 0.2) is 58.9 Å². The smallest absolute Gasteiger partial charge is 0.270 e. The molecule has 0 N–H and O–H groups in total. The Balaban J connectivity index is 1.99. The predicted octanol–water partition coefficient (Wildman–Crippen LogP) is 6.34. The van der Waals surface area contributed by atoms with E-state index in [1.165, 1.54) is 11.8 Å². The zero-order valence-corrected chi connectivity index (χ0v) is 20.3. The number of allylic oxidation sites excluding steroid dienone is 1. The van der Waals surface area contributed by atoms with Gasteiger partial charge in [0.15, 0.2) is 15.8 Å². The van der Waals surface area contributed by atoms with Gasteiger partial charge in [0, 0.05) is 10.5 Å².